The number of amides is 2. The second-order valence-electron chi connectivity index (χ2n) is 11.1. The van der Waals surface area contributed by atoms with Gasteiger partial charge in [-0.3, -0.25) is 4.79 Å². The van der Waals surface area contributed by atoms with Crippen molar-refractivity contribution in [2.75, 3.05) is 6.61 Å². The van der Waals surface area contributed by atoms with Crippen LogP contribution in [0, 0.1) is 5.41 Å². The number of hydrogen-bond acceptors (Lipinski definition) is 5. The van der Waals surface area contributed by atoms with Crippen molar-refractivity contribution in [1.82, 2.24) is 10.6 Å². The lowest BCUT2D eigenvalue weighted by Crippen LogP contribution is -2.58. The van der Waals surface area contributed by atoms with Crippen LogP contribution in [0.2, 0.25) is 0 Å². The Morgan fingerprint density at radius 1 is 0.850 bits per heavy atom. The molecule has 8 nitrogen and oxygen atoms in total. The number of fused-ring (bicyclic) bond motifs is 3. The summed E-state index contributed by atoms with van der Waals surface area (Å²) in [6.45, 7) is 7.24. The molecule has 0 saturated carbocycles. The number of hydrogen-bond donors (Lipinski definition) is 3. The van der Waals surface area contributed by atoms with Gasteiger partial charge in [-0.2, -0.15) is 0 Å². The molecule has 4 rings (SSSR count). The van der Waals surface area contributed by atoms with Crippen molar-refractivity contribution in [3.05, 3.63) is 95.6 Å². The van der Waals surface area contributed by atoms with E-state index in [2.05, 4.69) is 22.8 Å². The predicted molar refractivity (Wildman–Crippen MR) is 152 cm³/mol. The Labute approximate surface area is 234 Å². The molecule has 0 aromatic heterocycles. The van der Waals surface area contributed by atoms with Crippen molar-refractivity contribution >= 4 is 18.0 Å². The van der Waals surface area contributed by atoms with E-state index in [0.29, 0.717) is 0 Å². The van der Waals surface area contributed by atoms with Crippen LogP contribution in [0.5, 0.6) is 0 Å². The fraction of sp³-hybridized carbons (Fsp3) is 0.344. The summed E-state index contributed by atoms with van der Waals surface area (Å²) in [7, 11) is 0. The molecule has 40 heavy (non-hydrogen) atoms. The summed E-state index contributed by atoms with van der Waals surface area (Å²) in [5.74, 6) is -2.00. The number of alkyl carbamates (subject to hydrolysis) is 1. The summed E-state index contributed by atoms with van der Waals surface area (Å²) in [6.07, 6.45) is -1.58. The first kappa shape index (κ1) is 28.8. The van der Waals surface area contributed by atoms with E-state index in [1.54, 1.807) is 27.7 Å². The number of benzene rings is 3. The van der Waals surface area contributed by atoms with Crippen LogP contribution in [-0.4, -0.2) is 47.9 Å². The van der Waals surface area contributed by atoms with Gasteiger partial charge in [0, 0.05) is 5.92 Å². The van der Waals surface area contributed by atoms with Crippen molar-refractivity contribution in [3.63, 3.8) is 0 Å². The Kier molecular flexibility index (Phi) is 8.90. The summed E-state index contributed by atoms with van der Waals surface area (Å²) >= 11 is 0. The Hall–Kier alpha value is -4.17. The third kappa shape index (κ3) is 6.69. The van der Waals surface area contributed by atoms with Crippen molar-refractivity contribution in [1.29, 1.82) is 0 Å². The van der Waals surface area contributed by atoms with Crippen molar-refractivity contribution in [3.8, 4) is 11.1 Å². The fourth-order valence-electron chi connectivity index (χ4n) is 4.95. The Bertz CT molecular complexity index is 1310. The average molecular weight is 545 g/mol. The molecule has 0 unspecified atom stereocenters. The van der Waals surface area contributed by atoms with Crippen LogP contribution >= 0.6 is 0 Å². The van der Waals surface area contributed by atoms with Crippen LogP contribution in [0.25, 0.3) is 11.1 Å². The van der Waals surface area contributed by atoms with Crippen molar-refractivity contribution in [2.45, 2.75) is 58.4 Å². The van der Waals surface area contributed by atoms with Crippen LogP contribution in [0.1, 0.15) is 50.3 Å². The van der Waals surface area contributed by atoms with Crippen LogP contribution < -0.4 is 10.6 Å². The number of carboxylic acid groups (broad SMARTS) is 1. The van der Waals surface area contributed by atoms with Gasteiger partial charge in [-0.05, 0) is 40.2 Å². The van der Waals surface area contributed by atoms with E-state index >= 15 is 0 Å². The lowest BCUT2D eigenvalue weighted by Gasteiger charge is -2.32. The molecule has 0 aliphatic heterocycles. The molecule has 0 fully saturated rings. The zero-order valence-corrected chi connectivity index (χ0v) is 23.2. The highest BCUT2D eigenvalue weighted by Crippen LogP contribution is 2.44. The third-order valence-electron chi connectivity index (χ3n) is 7.12. The number of ether oxygens (including phenoxy) is 2. The van der Waals surface area contributed by atoms with E-state index in [-0.39, 0.29) is 19.1 Å². The Morgan fingerprint density at radius 2 is 1.40 bits per heavy atom. The number of aliphatic carboxylic acids is 1. The number of rotatable bonds is 10. The molecule has 0 heterocycles. The van der Waals surface area contributed by atoms with Gasteiger partial charge in [0.25, 0.3) is 0 Å². The van der Waals surface area contributed by atoms with E-state index in [1.807, 2.05) is 66.7 Å². The molecule has 0 bridgehead atoms. The standard InChI is InChI=1S/C32H36N2O6/c1-20(39-18-21-12-6-5-7-13-21)27(30(36)37)33-29(35)28(32(2,3)4)34-31(38)40-19-26-24-16-10-8-14-22(24)23-15-9-11-17-25(23)26/h5-17,20,26-28H,18-19H2,1-4H3,(H,33,35)(H,34,38)(H,36,37)/t20-,27+,28-/m0/s1. The highest BCUT2D eigenvalue weighted by molar-refractivity contribution is 5.90. The van der Waals surface area contributed by atoms with E-state index in [1.165, 1.54) is 0 Å². The molecule has 1 aliphatic carbocycles. The van der Waals surface area contributed by atoms with Gasteiger partial charge in [0.05, 0.1) is 12.7 Å². The summed E-state index contributed by atoms with van der Waals surface area (Å²) < 4.78 is 11.4. The molecule has 210 valence electrons. The number of nitrogens with one attached hydrogen (secondary N) is 2. The van der Waals surface area contributed by atoms with Gasteiger partial charge in [0.1, 0.15) is 12.6 Å². The van der Waals surface area contributed by atoms with Gasteiger partial charge >= 0.3 is 12.1 Å². The molecule has 3 aromatic carbocycles. The van der Waals surface area contributed by atoms with Crippen LogP contribution in [0.4, 0.5) is 4.79 Å². The lowest BCUT2D eigenvalue weighted by molar-refractivity contribution is -0.147. The molecule has 0 saturated heterocycles. The molecular weight excluding hydrogens is 508 g/mol. The highest BCUT2D eigenvalue weighted by Gasteiger charge is 2.37. The first-order chi connectivity index (χ1) is 19.1. The molecule has 3 N–H and O–H groups in total. The summed E-state index contributed by atoms with van der Waals surface area (Å²) in [4.78, 5) is 38.3. The fourth-order valence-corrected chi connectivity index (χ4v) is 4.95. The van der Waals surface area contributed by atoms with E-state index < -0.39 is 41.6 Å². The first-order valence-electron chi connectivity index (χ1n) is 13.4. The van der Waals surface area contributed by atoms with E-state index in [4.69, 9.17) is 9.47 Å². The largest absolute Gasteiger partial charge is 0.480 e. The molecule has 3 atom stereocenters. The van der Waals surface area contributed by atoms with E-state index in [0.717, 1.165) is 27.8 Å². The number of carbonyl (C=O) groups excluding carboxylic acids is 2. The smallest absolute Gasteiger partial charge is 0.407 e. The summed E-state index contributed by atoms with van der Waals surface area (Å²) in [5.41, 5.74) is 4.54. The molecule has 0 radical (unpaired) electrons. The number of carbonyl (C=O) groups is 3. The molecular formula is C32H36N2O6. The third-order valence-corrected chi connectivity index (χ3v) is 7.12. The SMILES string of the molecule is C[C@H](OCc1ccccc1)[C@@H](NC(=O)[C@H](NC(=O)OCC1c2ccccc2-c2ccccc21)C(C)(C)C)C(=O)O. The van der Waals surface area contributed by atoms with E-state index in [9.17, 15) is 19.5 Å². The van der Waals surface area contributed by atoms with Gasteiger partial charge in [-0.15, -0.1) is 0 Å². The second kappa shape index (κ2) is 12.3. The van der Waals surface area contributed by atoms with Crippen LogP contribution in [0.3, 0.4) is 0 Å². The normalized spacial score (nSPS) is 14.8. The zero-order valence-electron chi connectivity index (χ0n) is 23.2. The molecule has 0 spiro atoms. The number of carboxylic acids is 1. The monoisotopic (exact) mass is 544 g/mol. The minimum Gasteiger partial charge on any atom is -0.480 e. The van der Waals surface area contributed by atoms with Crippen molar-refractivity contribution < 1.29 is 29.0 Å². The van der Waals surface area contributed by atoms with Crippen LogP contribution in [-0.2, 0) is 25.7 Å². The molecule has 1 aliphatic rings. The maximum atomic E-state index is 13.3. The molecule has 2 amide bonds. The minimum atomic E-state index is -1.31. The Morgan fingerprint density at radius 3 is 1.95 bits per heavy atom. The van der Waals surface area contributed by atoms with Gasteiger partial charge in [0.15, 0.2) is 6.04 Å². The lowest BCUT2D eigenvalue weighted by atomic mass is 9.86. The maximum Gasteiger partial charge on any atom is 0.407 e. The quantitative estimate of drug-likeness (QED) is 0.327. The van der Waals surface area contributed by atoms with Crippen molar-refractivity contribution in [2.24, 2.45) is 5.41 Å². The van der Waals surface area contributed by atoms with Crippen LogP contribution in [0.15, 0.2) is 78.9 Å². The summed E-state index contributed by atoms with van der Waals surface area (Å²) in [6, 6.07) is 23.0. The zero-order chi connectivity index (χ0) is 28.9. The average Bonchev–Trinajstić information content (AvgIpc) is 3.25. The molecule has 8 heteroatoms. The summed E-state index contributed by atoms with van der Waals surface area (Å²) in [5, 5.41) is 15.0. The van der Waals surface area contributed by atoms with Gasteiger partial charge in [0.2, 0.25) is 5.91 Å². The first-order valence-corrected chi connectivity index (χ1v) is 13.4. The maximum absolute atomic E-state index is 13.3. The van der Waals surface area contributed by atoms with Gasteiger partial charge in [-0.1, -0.05) is 99.6 Å². The Balaban J connectivity index is 1.40. The van der Waals surface area contributed by atoms with Gasteiger partial charge in [-0.25, -0.2) is 9.59 Å². The minimum absolute atomic E-state index is 0.0977. The second-order valence-corrected chi connectivity index (χ2v) is 11.1. The highest BCUT2D eigenvalue weighted by atomic mass is 16.5. The molecule has 3 aromatic rings. The predicted octanol–water partition coefficient (Wildman–Crippen LogP) is 5.11. The van der Waals surface area contributed by atoms with Gasteiger partial charge < -0.3 is 25.2 Å². The topological polar surface area (TPSA) is 114 Å².